The molecule has 1 heterocycles. The van der Waals surface area contributed by atoms with Crippen molar-refractivity contribution in [3.8, 4) is 0 Å². The highest BCUT2D eigenvalue weighted by Crippen LogP contribution is 2.24. The van der Waals surface area contributed by atoms with Crippen molar-refractivity contribution in [2.45, 2.75) is 31.5 Å². The van der Waals surface area contributed by atoms with Crippen molar-refractivity contribution in [3.05, 3.63) is 71.3 Å². The summed E-state index contributed by atoms with van der Waals surface area (Å²) in [6.45, 7) is 3.35. The molecule has 1 fully saturated rings. The quantitative estimate of drug-likeness (QED) is 0.805. The van der Waals surface area contributed by atoms with Crippen LogP contribution in [0, 0.1) is 11.6 Å². The minimum absolute atomic E-state index is 0.174. The van der Waals surface area contributed by atoms with Crippen molar-refractivity contribution < 1.29 is 23.0 Å². The Bertz CT molecular complexity index is 756. The molecule has 0 aliphatic carbocycles. The second-order valence-corrected chi connectivity index (χ2v) is 6.81. The van der Waals surface area contributed by atoms with E-state index < -0.39 is 11.7 Å². The molecule has 1 unspecified atom stereocenters. The van der Waals surface area contributed by atoms with Crippen LogP contribution < -0.4 is 5.32 Å². The number of nitrogens with one attached hydrogen (secondary N) is 1. The molecule has 0 spiro atoms. The van der Waals surface area contributed by atoms with Crippen molar-refractivity contribution >= 4 is 5.91 Å². The van der Waals surface area contributed by atoms with Crippen LogP contribution in [0.15, 0.2) is 48.5 Å². The molecule has 0 bridgehead atoms. The van der Waals surface area contributed by atoms with Gasteiger partial charge in [-0.1, -0.05) is 24.3 Å². The zero-order valence-corrected chi connectivity index (χ0v) is 15.2. The molecule has 1 aliphatic rings. The molecular formula is C21H23F2NO3. The number of halogens is 2. The van der Waals surface area contributed by atoms with Crippen LogP contribution in [0.1, 0.15) is 30.4 Å². The highest BCUT2D eigenvalue weighted by atomic mass is 19.1. The van der Waals surface area contributed by atoms with E-state index in [-0.39, 0.29) is 17.5 Å². The summed E-state index contributed by atoms with van der Waals surface area (Å²) >= 11 is 0. The molecule has 4 nitrogen and oxygen atoms in total. The third-order valence-electron chi connectivity index (χ3n) is 4.72. The van der Waals surface area contributed by atoms with E-state index in [2.05, 4.69) is 5.32 Å². The number of amides is 1. The van der Waals surface area contributed by atoms with E-state index in [0.717, 1.165) is 5.56 Å². The van der Waals surface area contributed by atoms with Gasteiger partial charge in [0.1, 0.15) is 11.6 Å². The van der Waals surface area contributed by atoms with Gasteiger partial charge >= 0.3 is 0 Å². The largest absolute Gasteiger partial charge is 0.355 e. The number of ether oxygens (including phenoxy) is 2. The van der Waals surface area contributed by atoms with Crippen LogP contribution in [0.5, 0.6) is 0 Å². The third kappa shape index (κ3) is 5.34. The molecule has 1 amide bonds. The maximum Gasteiger partial charge on any atom is 0.227 e. The Hall–Kier alpha value is -2.31. The molecule has 1 atom stereocenters. The first-order chi connectivity index (χ1) is 13.0. The van der Waals surface area contributed by atoms with Crippen LogP contribution >= 0.6 is 0 Å². The molecule has 144 valence electrons. The third-order valence-corrected chi connectivity index (χ3v) is 4.72. The zero-order chi connectivity index (χ0) is 19.3. The number of hydrogen-bond acceptors (Lipinski definition) is 3. The van der Waals surface area contributed by atoms with Gasteiger partial charge in [0, 0.05) is 13.0 Å². The lowest BCUT2D eigenvalue weighted by atomic mass is 9.91. The van der Waals surface area contributed by atoms with Crippen molar-refractivity contribution in [1.29, 1.82) is 0 Å². The highest BCUT2D eigenvalue weighted by Gasteiger charge is 2.31. The molecule has 1 aliphatic heterocycles. The number of carbonyl (C=O) groups is 1. The molecule has 0 radical (unpaired) electrons. The van der Waals surface area contributed by atoms with Gasteiger partial charge in [0.05, 0.1) is 19.1 Å². The van der Waals surface area contributed by atoms with Crippen molar-refractivity contribution in [1.82, 2.24) is 5.32 Å². The Morgan fingerprint density at radius 1 is 1.04 bits per heavy atom. The van der Waals surface area contributed by atoms with Crippen molar-refractivity contribution in [2.24, 2.45) is 0 Å². The van der Waals surface area contributed by atoms with Crippen LogP contribution in [-0.4, -0.2) is 31.5 Å². The molecule has 3 rings (SSSR count). The lowest BCUT2D eigenvalue weighted by Gasteiger charge is -2.23. The standard InChI is InChI=1S/C21H23F2NO3/c1-21(26-12-13-27-21)10-11-24-20(25)19(16-4-8-18(23)9-5-16)14-15-2-6-17(22)7-3-15/h2-9,19H,10-14H2,1H3,(H,24,25). The summed E-state index contributed by atoms with van der Waals surface area (Å²) in [4.78, 5) is 12.8. The van der Waals surface area contributed by atoms with Gasteiger partial charge in [0.25, 0.3) is 0 Å². The van der Waals surface area contributed by atoms with E-state index in [4.69, 9.17) is 9.47 Å². The van der Waals surface area contributed by atoms with Gasteiger partial charge in [-0.3, -0.25) is 4.79 Å². The SMILES string of the molecule is CC1(CCNC(=O)C(Cc2ccc(F)cc2)c2ccc(F)cc2)OCCO1. The average molecular weight is 375 g/mol. The van der Waals surface area contributed by atoms with Gasteiger partial charge in [-0.15, -0.1) is 0 Å². The minimum Gasteiger partial charge on any atom is -0.355 e. The second-order valence-electron chi connectivity index (χ2n) is 6.81. The first-order valence-corrected chi connectivity index (χ1v) is 9.01. The molecule has 27 heavy (non-hydrogen) atoms. The zero-order valence-electron chi connectivity index (χ0n) is 15.2. The van der Waals surface area contributed by atoms with Crippen LogP contribution in [0.3, 0.4) is 0 Å². The summed E-state index contributed by atoms with van der Waals surface area (Å²) in [6.07, 6.45) is 0.924. The fourth-order valence-corrected chi connectivity index (χ4v) is 3.15. The minimum atomic E-state index is -0.671. The van der Waals surface area contributed by atoms with Gasteiger partial charge in [0.15, 0.2) is 5.79 Å². The van der Waals surface area contributed by atoms with E-state index in [0.29, 0.717) is 38.2 Å². The second kappa shape index (κ2) is 8.59. The molecule has 0 saturated carbocycles. The Morgan fingerprint density at radius 2 is 1.59 bits per heavy atom. The van der Waals surface area contributed by atoms with Gasteiger partial charge in [-0.2, -0.15) is 0 Å². The monoisotopic (exact) mass is 375 g/mol. The van der Waals surface area contributed by atoms with E-state index in [1.54, 1.807) is 24.3 Å². The Morgan fingerprint density at radius 3 is 2.19 bits per heavy atom. The van der Waals surface area contributed by atoms with Gasteiger partial charge in [0.2, 0.25) is 5.91 Å². The number of hydrogen-bond donors (Lipinski definition) is 1. The highest BCUT2D eigenvalue weighted by molar-refractivity contribution is 5.84. The van der Waals surface area contributed by atoms with Crippen molar-refractivity contribution in [2.75, 3.05) is 19.8 Å². The summed E-state index contributed by atoms with van der Waals surface area (Å²) in [5.41, 5.74) is 1.54. The maximum atomic E-state index is 13.3. The summed E-state index contributed by atoms with van der Waals surface area (Å²) in [7, 11) is 0. The Balaban J connectivity index is 1.69. The van der Waals surface area contributed by atoms with Gasteiger partial charge in [-0.25, -0.2) is 8.78 Å². The normalized spacial score (nSPS) is 16.9. The predicted molar refractivity (Wildman–Crippen MR) is 97.2 cm³/mol. The van der Waals surface area contributed by atoms with E-state index in [1.165, 1.54) is 24.3 Å². The lowest BCUT2D eigenvalue weighted by molar-refractivity contribution is -0.146. The van der Waals surface area contributed by atoms with Crippen molar-refractivity contribution in [3.63, 3.8) is 0 Å². The van der Waals surface area contributed by atoms with E-state index in [9.17, 15) is 13.6 Å². The first-order valence-electron chi connectivity index (χ1n) is 9.01. The number of benzene rings is 2. The molecule has 2 aromatic carbocycles. The fourth-order valence-electron chi connectivity index (χ4n) is 3.15. The Kier molecular flexibility index (Phi) is 6.19. The number of carbonyl (C=O) groups excluding carboxylic acids is 1. The van der Waals surface area contributed by atoms with Gasteiger partial charge < -0.3 is 14.8 Å². The van der Waals surface area contributed by atoms with Gasteiger partial charge in [-0.05, 0) is 48.7 Å². The van der Waals surface area contributed by atoms with Crippen LogP contribution in [-0.2, 0) is 20.7 Å². The molecule has 1 saturated heterocycles. The number of rotatable bonds is 7. The van der Waals surface area contributed by atoms with Crippen LogP contribution in [0.4, 0.5) is 8.78 Å². The summed E-state index contributed by atoms with van der Waals surface area (Å²) < 4.78 is 37.5. The smallest absolute Gasteiger partial charge is 0.227 e. The average Bonchev–Trinajstić information content (AvgIpc) is 3.08. The predicted octanol–water partition coefficient (Wildman–Crippen LogP) is 3.56. The van der Waals surface area contributed by atoms with E-state index >= 15 is 0 Å². The maximum absolute atomic E-state index is 13.3. The molecular weight excluding hydrogens is 352 g/mol. The lowest BCUT2D eigenvalue weighted by Crippen LogP contribution is -2.36. The summed E-state index contributed by atoms with van der Waals surface area (Å²) in [6, 6.07) is 11.9. The fraction of sp³-hybridized carbons (Fsp3) is 0.381. The molecule has 6 heteroatoms. The Labute approximate surface area is 157 Å². The summed E-state index contributed by atoms with van der Waals surface area (Å²) in [5.74, 6) is -2.04. The molecule has 0 aromatic heterocycles. The molecule has 2 aromatic rings. The van der Waals surface area contributed by atoms with Crippen LogP contribution in [0.25, 0.3) is 0 Å². The topological polar surface area (TPSA) is 47.6 Å². The first kappa shape index (κ1) is 19.5. The van der Waals surface area contributed by atoms with Crippen LogP contribution in [0.2, 0.25) is 0 Å². The molecule has 1 N–H and O–H groups in total. The van der Waals surface area contributed by atoms with E-state index in [1.807, 2.05) is 6.92 Å². The summed E-state index contributed by atoms with van der Waals surface area (Å²) in [5, 5.41) is 2.91.